The Labute approximate surface area is 70.3 Å². The van der Waals surface area contributed by atoms with Crippen molar-refractivity contribution in [3.63, 3.8) is 0 Å². The van der Waals surface area contributed by atoms with E-state index in [1.54, 1.807) is 6.92 Å². The van der Waals surface area contributed by atoms with E-state index in [2.05, 4.69) is 0 Å². The summed E-state index contributed by atoms with van der Waals surface area (Å²) in [5.74, 6) is 0. The second kappa shape index (κ2) is 6.53. The van der Waals surface area contributed by atoms with Crippen LogP contribution in [-0.4, -0.2) is 11.1 Å². The third kappa shape index (κ3) is 9.11. The molecule has 1 N–H and O–H groups in total. The molecule has 6 heavy (non-hydrogen) atoms. The van der Waals surface area contributed by atoms with Gasteiger partial charge in [0.1, 0.15) is 0 Å². The molecule has 0 amide bonds. The van der Waals surface area contributed by atoms with Crippen molar-refractivity contribution in [3.05, 3.63) is 0 Å². The van der Waals surface area contributed by atoms with Crippen molar-refractivity contribution in [1.29, 1.82) is 0 Å². The van der Waals surface area contributed by atoms with E-state index >= 15 is 0 Å². The first-order chi connectivity index (χ1) is 2.27. The Kier molecular flexibility index (Phi) is 11.4. The first kappa shape index (κ1) is 10.5. The van der Waals surface area contributed by atoms with Crippen LogP contribution in [0.2, 0.25) is 0 Å². The fourth-order valence-electron chi connectivity index (χ4n) is 0. The Hall–Kier alpha value is 1.53. The maximum Gasteiger partial charge on any atom is 0.188 e. The van der Waals surface area contributed by atoms with Crippen LogP contribution in [0.5, 0.6) is 0 Å². The van der Waals surface area contributed by atoms with Gasteiger partial charge in [0.25, 0.3) is 0 Å². The third-order valence-corrected chi connectivity index (χ3v) is 0.907. The van der Waals surface area contributed by atoms with Gasteiger partial charge < -0.3 is 4.89 Å². The van der Waals surface area contributed by atoms with E-state index in [1.165, 1.54) is 0 Å². The average Bonchev–Trinajstić information content (AvgIpc) is 1.38. The smallest absolute Gasteiger partial charge is 0.188 e. The van der Waals surface area contributed by atoms with Gasteiger partial charge in [0.2, 0.25) is 0 Å². The van der Waals surface area contributed by atoms with Crippen LogP contribution in [0, 0.1) is 40.4 Å². The summed E-state index contributed by atoms with van der Waals surface area (Å²) in [5, 5.41) is 0. The van der Waals surface area contributed by atoms with E-state index in [0.29, 0.717) is 6.16 Å². The minimum atomic E-state index is -2.12. The van der Waals surface area contributed by atoms with Gasteiger partial charge in [-0.15, -0.1) is 0 Å². The second-order valence-electron chi connectivity index (χ2n) is 0.747. The molecule has 0 aliphatic carbocycles. The van der Waals surface area contributed by atoms with Crippen LogP contribution in [0.3, 0.4) is 0 Å². The van der Waals surface area contributed by atoms with E-state index in [9.17, 15) is 4.57 Å². The Morgan fingerprint density at radius 1 is 1.83 bits per heavy atom. The molecule has 0 aliphatic heterocycles. The molecule has 0 rings (SSSR count). The SMILES string of the molecule is CC[PH](=O)O.[Sm]. The van der Waals surface area contributed by atoms with Gasteiger partial charge in [-0.25, -0.2) is 0 Å². The Morgan fingerprint density at radius 2 is 2.00 bits per heavy atom. The first-order valence-corrected chi connectivity index (χ1v) is 3.05. The van der Waals surface area contributed by atoms with Gasteiger partial charge in [0.05, 0.1) is 0 Å². The Bertz CT molecular complexity index is 46.8. The summed E-state index contributed by atoms with van der Waals surface area (Å²) in [7, 11) is -2.12. The van der Waals surface area contributed by atoms with Gasteiger partial charge in [0.15, 0.2) is 8.03 Å². The van der Waals surface area contributed by atoms with E-state index in [1.807, 2.05) is 0 Å². The molecule has 2 nitrogen and oxygen atoms in total. The van der Waals surface area contributed by atoms with Crippen molar-refractivity contribution in [1.82, 2.24) is 0 Å². The minimum absolute atomic E-state index is 0. The van der Waals surface area contributed by atoms with Gasteiger partial charge >= 0.3 is 0 Å². The third-order valence-electron chi connectivity index (χ3n) is 0.302. The van der Waals surface area contributed by atoms with E-state index in [4.69, 9.17) is 4.89 Å². The zero-order valence-electron chi connectivity index (χ0n) is 3.47. The van der Waals surface area contributed by atoms with Crippen molar-refractivity contribution >= 4 is 8.03 Å². The molecule has 0 saturated heterocycles. The number of hydrogen-bond donors (Lipinski definition) is 1. The van der Waals surface area contributed by atoms with Crippen molar-refractivity contribution in [2.45, 2.75) is 6.92 Å². The molecule has 4 heteroatoms. The van der Waals surface area contributed by atoms with Crippen LogP contribution in [-0.2, 0) is 4.57 Å². The molecule has 0 radical (unpaired) electrons. The molecule has 0 aromatic heterocycles. The monoisotopic (exact) mass is 246 g/mol. The van der Waals surface area contributed by atoms with Crippen molar-refractivity contribution in [3.8, 4) is 0 Å². The van der Waals surface area contributed by atoms with E-state index < -0.39 is 8.03 Å². The number of hydrogen-bond acceptors (Lipinski definition) is 1. The molecular weight excluding hydrogens is 237 g/mol. The molecule has 0 spiro atoms. The summed E-state index contributed by atoms with van der Waals surface area (Å²) in [6, 6.07) is 0. The summed E-state index contributed by atoms with van der Waals surface area (Å²) in [6.45, 7) is 1.68. The minimum Gasteiger partial charge on any atom is -0.346 e. The molecule has 1 unspecified atom stereocenters. The van der Waals surface area contributed by atoms with Crippen LogP contribution in [0.25, 0.3) is 0 Å². The fourth-order valence-corrected chi connectivity index (χ4v) is 0. The second-order valence-corrected chi connectivity index (χ2v) is 2.24. The summed E-state index contributed by atoms with van der Waals surface area (Å²) in [4.78, 5) is 7.91. The molecule has 0 fully saturated rings. The van der Waals surface area contributed by atoms with Crippen LogP contribution in [0.15, 0.2) is 0 Å². The zero-order valence-corrected chi connectivity index (χ0v) is 7.09. The van der Waals surface area contributed by atoms with Gasteiger partial charge in [-0.05, 0) is 0 Å². The van der Waals surface area contributed by atoms with Crippen LogP contribution in [0.4, 0.5) is 0 Å². The van der Waals surface area contributed by atoms with E-state index in [0.717, 1.165) is 0 Å². The van der Waals surface area contributed by atoms with Crippen molar-refractivity contribution in [2.75, 3.05) is 6.16 Å². The molecule has 0 aliphatic rings. The first-order valence-electron chi connectivity index (χ1n) is 1.49. The summed E-state index contributed by atoms with van der Waals surface area (Å²) < 4.78 is 9.55. The molecule has 0 aromatic carbocycles. The maximum absolute atomic E-state index is 9.55. The van der Waals surface area contributed by atoms with Crippen molar-refractivity contribution < 1.29 is 49.8 Å². The zero-order chi connectivity index (χ0) is 4.28. The molecule has 1 atom stereocenters. The molecule has 0 aromatic rings. The van der Waals surface area contributed by atoms with Crippen LogP contribution < -0.4 is 0 Å². The largest absolute Gasteiger partial charge is 0.346 e. The predicted octanol–water partition coefficient (Wildman–Crippen LogP) is 0.473. The molecule has 0 saturated carbocycles. The maximum atomic E-state index is 9.55. The van der Waals surface area contributed by atoms with Gasteiger partial charge in [-0.1, -0.05) is 6.92 Å². The van der Waals surface area contributed by atoms with Crippen LogP contribution >= 0.6 is 8.03 Å². The fraction of sp³-hybridized carbons (Fsp3) is 1.00. The normalized spacial score (nSPS) is 12.3. The number of rotatable bonds is 1. The molecule has 0 heterocycles. The average molecular weight is 244 g/mol. The van der Waals surface area contributed by atoms with E-state index in [-0.39, 0.29) is 40.4 Å². The summed E-state index contributed by atoms with van der Waals surface area (Å²) >= 11 is 0. The quantitative estimate of drug-likeness (QED) is 0.681. The molecular formula is C2H7O2PSm. The summed E-state index contributed by atoms with van der Waals surface area (Å²) in [6.07, 6.45) is 0.407. The standard InChI is InChI=1S/C2H7O2P.Sm/c1-2-5(3)4;/h5H,2H2,1H3,(H,3,4);. The summed E-state index contributed by atoms with van der Waals surface area (Å²) in [5.41, 5.74) is 0. The van der Waals surface area contributed by atoms with Crippen molar-refractivity contribution in [2.24, 2.45) is 0 Å². The van der Waals surface area contributed by atoms with Gasteiger partial charge in [-0.3, -0.25) is 4.57 Å². The predicted molar refractivity (Wildman–Crippen MR) is 21.8 cm³/mol. The Morgan fingerprint density at radius 3 is 2.00 bits per heavy atom. The molecule has 38 valence electrons. The molecule has 0 bridgehead atoms. The van der Waals surface area contributed by atoms with Gasteiger partial charge in [0, 0.05) is 46.6 Å². The topological polar surface area (TPSA) is 37.3 Å². The van der Waals surface area contributed by atoms with Gasteiger partial charge in [-0.2, -0.15) is 0 Å². The Balaban J connectivity index is 0. The van der Waals surface area contributed by atoms with Crippen LogP contribution in [0.1, 0.15) is 6.92 Å².